The monoisotopic (exact) mass is 472 g/mol. The van der Waals surface area contributed by atoms with E-state index in [1.807, 2.05) is 43.7 Å². The van der Waals surface area contributed by atoms with Crippen molar-refractivity contribution >= 4 is 22.5 Å². The van der Waals surface area contributed by atoms with E-state index in [1.165, 1.54) is 6.07 Å². The average Bonchev–Trinajstić information content (AvgIpc) is 3.35. The molecule has 0 bridgehead atoms. The standard InChI is InChI=1S/C24H27F3N6O/c1-13(2)33-14(3)29-22-19(25)10-15(11-20(22)33)18-8-9-32-21(18)12-28-24(31-32)30-16-4-6-17(7-5-16)34-23(26)27/h8-13,16-17,23H,4-7H2,1-3H3,(H,30,31)/t16-,17+. The van der Waals surface area contributed by atoms with E-state index in [4.69, 9.17) is 0 Å². The van der Waals surface area contributed by atoms with Crippen LogP contribution in [0.25, 0.3) is 27.7 Å². The van der Waals surface area contributed by atoms with Gasteiger partial charge in [-0.15, -0.1) is 5.10 Å². The second-order valence-corrected chi connectivity index (χ2v) is 9.10. The van der Waals surface area contributed by atoms with E-state index in [1.54, 1.807) is 10.7 Å². The quantitative estimate of drug-likeness (QED) is 0.388. The third-order valence-electron chi connectivity index (χ3n) is 6.47. The minimum Gasteiger partial charge on any atom is -0.350 e. The molecule has 10 heteroatoms. The fourth-order valence-corrected chi connectivity index (χ4v) is 4.96. The Morgan fingerprint density at radius 1 is 1.12 bits per heavy atom. The lowest BCUT2D eigenvalue weighted by Gasteiger charge is -2.28. The molecule has 0 saturated heterocycles. The van der Waals surface area contributed by atoms with E-state index in [0.29, 0.717) is 37.1 Å². The zero-order chi connectivity index (χ0) is 24.0. The zero-order valence-electron chi connectivity index (χ0n) is 19.3. The Kier molecular flexibility index (Phi) is 5.93. The van der Waals surface area contributed by atoms with Crippen molar-refractivity contribution in [3.05, 3.63) is 42.2 Å². The Bertz CT molecular complexity index is 1320. The average molecular weight is 473 g/mol. The highest BCUT2D eigenvalue weighted by atomic mass is 19.3. The Hall–Kier alpha value is -3.14. The van der Waals surface area contributed by atoms with Gasteiger partial charge in [-0.3, -0.25) is 0 Å². The van der Waals surface area contributed by atoms with Gasteiger partial charge < -0.3 is 14.6 Å². The summed E-state index contributed by atoms with van der Waals surface area (Å²) in [7, 11) is 0. The van der Waals surface area contributed by atoms with Gasteiger partial charge in [-0.05, 0) is 70.2 Å². The van der Waals surface area contributed by atoms with Gasteiger partial charge >= 0.3 is 6.61 Å². The molecule has 7 nitrogen and oxygen atoms in total. The van der Waals surface area contributed by atoms with Crippen molar-refractivity contribution in [2.75, 3.05) is 5.32 Å². The lowest BCUT2D eigenvalue weighted by molar-refractivity contribution is -0.169. The normalized spacial score (nSPS) is 19.1. The van der Waals surface area contributed by atoms with Gasteiger partial charge in [0.2, 0.25) is 5.95 Å². The summed E-state index contributed by atoms with van der Waals surface area (Å²) in [6.07, 6.45) is 5.68. The number of hydrogen-bond donors (Lipinski definition) is 1. The SMILES string of the molecule is Cc1nc2c(F)cc(-c3ccn4nc(N[C@H]5CC[C@@H](OC(F)F)CC5)ncc34)cc2n1C(C)C. The largest absolute Gasteiger partial charge is 0.350 e. The molecule has 34 heavy (non-hydrogen) atoms. The highest BCUT2D eigenvalue weighted by Gasteiger charge is 2.24. The lowest BCUT2D eigenvalue weighted by Crippen LogP contribution is -2.31. The van der Waals surface area contributed by atoms with Gasteiger partial charge in [0, 0.05) is 23.8 Å². The van der Waals surface area contributed by atoms with Crippen LogP contribution >= 0.6 is 0 Å². The van der Waals surface area contributed by atoms with E-state index in [-0.39, 0.29) is 17.9 Å². The molecule has 180 valence electrons. The molecule has 5 rings (SSSR count). The van der Waals surface area contributed by atoms with Crippen LogP contribution in [0.4, 0.5) is 19.1 Å². The van der Waals surface area contributed by atoms with E-state index in [9.17, 15) is 13.2 Å². The number of aryl methyl sites for hydroxylation is 1. The number of hydrogen-bond acceptors (Lipinski definition) is 5. The first-order chi connectivity index (χ1) is 16.3. The summed E-state index contributed by atoms with van der Waals surface area (Å²) >= 11 is 0. The first-order valence-corrected chi connectivity index (χ1v) is 11.5. The van der Waals surface area contributed by atoms with Crippen molar-refractivity contribution < 1.29 is 17.9 Å². The van der Waals surface area contributed by atoms with Crippen LogP contribution in [0.5, 0.6) is 0 Å². The minimum absolute atomic E-state index is 0.0982. The number of nitrogens with one attached hydrogen (secondary N) is 1. The number of rotatable bonds is 6. The smallest absolute Gasteiger partial charge is 0.345 e. The lowest BCUT2D eigenvalue weighted by atomic mass is 9.93. The van der Waals surface area contributed by atoms with Crippen molar-refractivity contribution in [2.45, 2.75) is 71.3 Å². The van der Waals surface area contributed by atoms with Gasteiger partial charge in [0.15, 0.2) is 5.82 Å². The van der Waals surface area contributed by atoms with Crippen LogP contribution in [0.3, 0.4) is 0 Å². The van der Waals surface area contributed by atoms with Crippen molar-refractivity contribution in [3.63, 3.8) is 0 Å². The van der Waals surface area contributed by atoms with Crippen LogP contribution in [0.2, 0.25) is 0 Å². The number of anilines is 1. The predicted octanol–water partition coefficient (Wildman–Crippen LogP) is 5.74. The highest BCUT2D eigenvalue weighted by molar-refractivity contribution is 5.88. The van der Waals surface area contributed by atoms with Crippen LogP contribution in [-0.4, -0.2) is 42.9 Å². The van der Waals surface area contributed by atoms with Gasteiger partial charge in [0.25, 0.3) is 0 Å². The first kappa shape index (κ1) is 22.6. The summed E-state index contributed by atoms with van der Waals surface area (Å²) in [5, 5.41) is 7.84. The maximum Gasteiger partial charge on any atom is 0.345 e. The van der Waals surface area contributed by atoms with Crippen LogP contribution in [0.1, 0.15) is 51.4 Å². The number of aromatic nitrogens is 5. The fourth-order valence-electron chi connectivity index (χ4n) is 4.96. The topological polar surface area (TPSA) is 69.3 Å². The van der Waals surface area contributed by atoms with Gasteiger partial charge in [0.1, 0.15) is 11.3 Å². The second-order valence-electron chi connectivity index (χ2n) is 9.10. The predicted molar refractivity (Wildman–Crippen MR) is 124 cm³/mol. The molecule has 0 amide bonds. The molecule has 1 N–H and O–H groups in total. The van der Waals surface area contributed by atoms with Crippen molar-refractivity contribution in [1.82, 2.24) is 24.1 Å². The number of nitrogens with zero attached hydrogens (tertiary/aromatic N) is 5. The number of fused-ring (bicyclic) bond motifs is 2. The van der Waals surface area contributed by atoms with Crippen LogP contribution < -0.4 is 5.32 Å². The molecule has 1 fully saturated rings. The van der Waals surface area contributed by atoms with Crippen molar-refractivity contribution in [1.29, 1.82) is 0 Å². The van der Waals surface area contributed by atoms with Crippen molar-refractivity contribution in [3.8, 4) is 11.1 Å². The van der Waals surface area contributed by atoms with Gasteiger partial charge in [-0.2, -0.15) is 8.78 Å². The summed E-state index contributed by atoms with van der Waals surface area (Å²) in [4.78, 5) is 8.86. The second kappa shape index (κ2) is 8.90. The first-order valence-electron chi connectivity index (χ1n) is 11.5. The summed E-state index contributed by atoms with van der Waals surface area (Å²) in [6, 6.07) is 5.60. The number of ether oxygens (including phenoxy) is 1. The Morgan fingerprint density at radius 2 is 1.88 bits per heavy atom. The third-order valence-corrected chi connectivity index (χ3v) is 6.47. The Balaban J connectivity index is 1.39. The molecule has 0 aliphatic heterocycles. The summed E-state index contributed by atoms with van der Waals surface area (Å²) in [6.45, 7) is 3.25. The summed E-state index contributed by atoms with van der Waals surface area (Å²) < 4.78 is 48.1. The molecule has 4 aromatic rings. The highest BCUT2D eigenvalue weighted by Crippen LogP contribution is 2.32. The molecule has 1 saturated carbocycles. The number of alkyl halides is 2. The molecule has 3 aromatic heterocycles. The molecular formula is C24H27F3N6O. The van der Waals surface area contributed by atoms with E-state index in [2.05, 4.69) is 25.1 Å². The van der Waals surface area contributed by atoms with Crippen LogP contribution in [-0.2, 0) is 4.74 Å². The van der Waals surface area contributed by atoms with Gasteiger partial charge in [-0.1, -0.05) is 0 Å². The Labute approximate surface area is 195 Å². The molecule has 0 radical (unpaired) electrons. The number of imidazole rings is 1. The molecule has 1 aromatic carbocycles. The van der Waals surface area contributed by atoms with E-state index >= 15 is 0 Å². The number of halogens is 3. The maximum absolute atomic E-state index is 14.9. The molecule has 3 heterocycles. The third kappa shape index (κ3) is 4.22. The van der Waals surface area contributed by atoms with Gasteiger partial charge in [-0.25, -0.2) is 18.9 Å². The van der Waals surface area contributed by atoms with Crippen LogP contribution in [0, 0.1) is 12.7 Å². The minimum atomic E-state index is -2.73. The van der Waals surface area contributed by atoms with Crippen molar-refractivity contribution in [2.24, 2.45) is 0 Å². The molecule has 0 spiro atoms. The number of benzene rings is 1. The maximum atomic E-state index is 14.9. The van der Waals surface area contributed by atoms with Crippen LogP contribution in [0.15, 0.2) is 30.6 Å². The molecular weight excluding hydrogens is 445 g/mol. The molecule has 1 aliphatic carbocycles. The zero-order valence-corrected chi connectivity index (χ0v) is 19.3. The molecule has 1 aliphatic rings. The Morgan fingerprint density at radius 3 is 2.59 bits per heavy atom. The van der Waals surface area contributed by atoms with E-state index in [0.717, 1.165) is 28.0 Å². The van der Waals surface area contributed by atoms with Gasteiger partial charge in [0.05, 0.1) is 23.3 Å². The summed E-state index contributed by atoms with van der Waals surface area (Å²) in [5.74, 6) is 0.875. The molecule has 0 atom stereocenters. The van der Waals surface area contributed by atoms with E-state index < -0.39 is 12.7 Å². The summed E-state index contributed by atoms with van der Waals surface area (Å²) in [5.41, 5.74) is 3.44. The fraction of sp³-hybridized carbons (Fsp3) is 0.458. The molecule has 0 unspecified atom stereocenters.